The van der Waals surface area contributed by atoms with E-state index in [9.17, 15) is 19.5 Å². The molecule has 0 aliphatic carbocycles. The average molecular weight is 262 g/mol. The van der Waals surface area contributed by atoms with Crippen molar-refractivity contribution in [1.82, 2.24) is 5.06 Å². The van der Waals surface area contributed by atoms with Crippen LogP contribution in [0.2, 0.25) is 0 Å². The van der Waals surface area contributed by atoms with E-state index in [4.69, 9.17) is 0 Å². The predicted molar refractivity (Wildman–Crippen MR) is 63.8 cm³/mol. The summed E-state index contributed by atoms with van der Waals surface area (Å²) in [5.41, 5.74) is 0.210. The number of hydrogen-bond acceptors (Lipinski definition) is 6. The first kappa shape index (κ1) is 12.7. The number of hydrogen-bond donors (Lipinski definition) is 1. The smallest absolute Gasteiger partial charge is 0.367 e. The Morgan fingerprint density at radius 1 is 1.32 bits per heavy atom. The van der Waals surface area contributed by atoms with Gasteiger partial charge in [-0.3, -0.25) is 14.6 Å². The summed E-state index contributed by atoms with van der Waals surface area (Å²) in [4.78, 5) is 42.5. The second-order valence-corrected chi connectivity index (χ2v) is 3.82. The zero-order valence-electron chi connectivity index (χ0n) is 9.83. The van der Waals surface area contributed by atoms with Crippen LogP contribution in [0.15, 0.2) is 23.2 Å². The van der Waals surface area contributed by atoms with Gasteiger partial charge >= 0.3 is 5.97 Å². The van der Waals surface area contributed by atoms with Gasteiger partial charge in [-0.05, 0) is 18.9 Å². The summed E-state index contributed by atoms with van der Waals surface area (Å²) in [6, 6.07) is 3.93. The molecule has 1 aromatic carbocycles. The predicted octanol–water partition coefficient (Wildman–Crippen LogP) is 0.945. The molecular formula is C12H10N2O5. The first-order valence-electron chi connectivity index (χ1n) is 5.40. The number of carbonyl (C=O) groups excluding carboxylic acids is 3. The molecule has 1 saturated heterocycles. The highest BCUT2D eigenvalue weighted by Crippen LogP contribution is 2.25. The molecule has 98 valence electrons. The molecule has 1 aromatic rings. The third-order valence-corrected chi connectivity index (χ3v) is 2.56. The number of rotatable bonds is 3. The van der Waals surface area contributed by atoms with Gasteiger partial charge in [0.15, 0.2) is 0 Å². The van der Waals surface area contributed by atoms with Gasteiger partial charge in [0.2, 0.25) is 0 Å². The van der Waals surface area contributed by atoms with Crippen molar-refractivity contribution in [2.75, 3.05) is 0 Å². The molecule has 0 radical (unpaired) electrons. The van der Waals surface area contributed by atoms with Crippen molar-refractivity contribution >= 4 is 30.2 Å². The second kappa shape index (κ2) is 4.89. The molecule has 19 heavy (non-hydrogen) atoms. The molecule has 1 fully saturated rings. The average Bonchev–Trinajstić information content (AvgIpc) is 2.70. The summed E-state index contributed by atoms with van der Waals surface area (Å²) in [6.07, 6.45) is 0.0227. The van der Waals surface area contributed by atoms with Gasteiger partial charge in [0.05, 0.1) is 5.69 Å². The largest absolute Gasteiger partial charge is 0.507 e. The molecule has 0 saturated carbocycles. The lowest BCUT2D eigenvalue weighted by Gasteiger charge is -2.13. The lowest BCUT2D eigenvalue weighted by atomic mass is 10.2. The van der Waals surface area contributed by atoms with E-state index in [1.807, 2.05) is 0 Å². The number of phenolic OH excluding ortho intramolecular Hbond substituents is 1. The Morgan fingerprint density at radius 2 is 1.95 bits per heavy atom. The van der Waals surface area contributed by atoms with Crippen LogP contribution >= 0.6 is 0 Å². The zero-order valence-corrected chi connectivity index (χ0v) is 9.83. The quantitative estimate of drug-likeness (QED) is 0.646. The minimum Gasteiger partial charge on any atom is -0.507 e. The van der Waals surface area contributed by atoms with E-state index < -0.39 is 17.8 Å². The number of nitrogens with zero attached hydrogens (tertiary/aromatic N) is 2. The molecule has 7 nitrogen and oxygen atoms in total. The number of carbonyl (C=O) groups is 3. The third kappa shape index (κ3) is 2.44. The van der Waals surface area contributed by atoms with E-state index in [-0.39, 0.29) is 24.2 Å². The van der Waals surface area contributed by atoms with Gasteiger partial charge in [-0.2, -0.15) is 0 Å². The molecule has 0 spiro atoms. The van der Waals surface area contributed by atoms with Crippen LogP contribution in [0.25, 0.3) is 0 Å². The first-order chi connectivity index (χ1) is 9.02. The van der Waals surface area contributed by atoms with Crippen molar-refractivity contribution < 1.29 is 24.3 Å². The van der Waals surface area contributed by atoms with Crippen molar-refractivity contribution in [2.24, 2.45) is 4.99 Å². The molecule has 1 aliphatic heterocycles. The van der Waals surface area contributed by atoms with E-state index in [1.165, 1.54) is 18.2 Å². The van der Waals surface area contributed by atoms with E-state index in [0.717, 1.165) is 0 Å². The molecule has 2 rings (SSSR count). The Morgan fingerprint density at radius 3 is 2.47 bits per heavy atom. The second-order valence-electron chi connectivity index (χ2n) is 3.82. The summed E-state index contributed by atoms with van der Waals surface area (Å²) in [5.74, 6) is -2.52. The fourth-order valence-corrected chi connectivity index (χ4v) is 1.58. The molecule has 7 heteroatoms. The van der Waals surface area contributed by atoms with E-state index in [0.29, 0.717) is 10.8 Å². The Kier molecular flexibility index (Phi) is 3.28. The van der Waals surface area contributed by atoms with Gasteiger partial charge in [0.1, 0.15) is 11.3 Å². The van der Waals surface area contributed by atoms with Crippen molar-refractivity contribution in [3.05, 3.63) is 23.8 Å². The van der Waals surface area contributed by atoms with Gasteiger partial charge < -0.3 is 9.94 Å². The lowest BCUT2D eigenvalue weighted by Crippen LogP contribution is -2.32. The van der Waals surface area contributed by atoms with Gasteiger partial charge in [0, 0.05) is 18.9 Å². The molecule has 0 atom stereocenters. The fourth-order valence-electron chi connectivity index (χ4n) is 1.58. The van der Waals surface area contributed by atoms with Crippen molar-refractivity contribution in [3.8, 4) is 5.75 Å². The lowest BCUT2D eigenvalue weighted by molar-refractivity contribution is -0.172. The minimum absolute atomic E-state index is 0.0113. The SMILES string of the molecule is C=Nc1ccc(C(=O)ON2C(=O)CCC2=O)c(O)c1. The maximum Gasteiger partial charge on any atom is 0.367 e. The Hall–Kier alpha value is -2.70. The van der Waals surface area contributed by atoms with Crippen LogP contribution in [0.5, 0.6) is 5.75 Å². The summed E-state index contributed by atoms with van der Waals surface area (Å²) in [6.45, 7) is 3.27. The standard InChI is InChI=1S/C12H10N2O5/c1-13-7-2-3-8(9(15)6-7)12(18)19-14-10(16)4-5-11(14)17/h2-3,6,15H,1,4-5H2. The van der Waals surface area contributed by atoms with Crippen molar-refractivity contribution in [1.29, 1.82) is 0 Å². The molecule has 1 heterocycles. The summed E-state index contributed by atoms with van der Waals surface area (Å²) >= 11 is 0. The topological polar surface area (TPSA) is 96.3 Å². The molecule has 1 aliphatic rings. The van der Waals surface area contributed by atoms with E-state index in [2.05, 4.69) is 16.5 Å². The van der Waals surface area contributed by atoms with E-state index in [1.54, 1.807) is 0 Å². The molecule has 0 aromatic heterocycles. The monoisotopic (exact) mass is 262 g/mol. The van der Waals surface area contributed by atoms with Crippen molar-refractivity contribution in [2.45, 2.75) is 12.8 Å². The number of amides is 2. The van der Waals surface area contributed by atoms with Gasteiger partial charge in [-0.1, -0.05) is 0 Å². The number of hydroxylamine groups is 2. The Balaban J connectivity index is 2.18. The van der Waals surface area contributed by atoms with Gasteiger partial charge in [-0.15, -0.1) is 5.06 Å². The molecular weight excluding hydrogens is 252 g/mol. The Bertz CT molecular complexity index is 565. The minimum atomic E-state index is -0.989. The normalized spacial score (nSPS) is 14.6. The zero-order chi connectivity index (χ0) is 14.0. The van der Waals surface area contributed by atoms with Crippen LogP contribution in [-0.4, -0.2) is 34.7 Å². The maximum absolute atomic E-state index is 11.7. The van der Waals surface area contributed by atoms with Crippen LogP contribution in [-0.2, 0) is 14.4 Å². The number of benzene rings is 1. The highest BCUT2D eigenvalue weighted by molar-refractivity contribution is 6.03. The highest BCUT2D eigenvalue weighted by Gasteiger charge is 2.33. The first-order valence-corrected chi connectivity index (χ1v) is 5.40. The molecule has 2 amide bonds. The van der Waals surface area contributed by atoms with Crippen LogP contribution in [0.3, 0.4) is 0 Å². The van der Waals surface area contributed by atoms with Crippen LogP contribution in [0.1, 0.15) is 23.2 Å². The van der Waals surface area contributed by atoms with Crippen LogP contribution < -0.4 is 0 Å². The number of aromatic hydroxyl groups is 1. The molecule has 1 N–H and O–H groups in total. The Labute approximate surface area is 108 Å². The maximum atomic E-state index is 11.7. The van der Waals surface area contributed by atoms with Gasteiger partial charge in [0.25, 0.3) is 11.8 Å². The van der Waals surface area contributed by atoms with Crippen LogP contribution in [0, 0.1) is 0 Å². The number of imide groups is 1. The highest BCUT2D eigenvalue weighted by atomic mass is 16.7. The molecule has 0 bridgehead atoms. The fraction of sp³-hybridized carbons (Fsp3) is 0.167. The third-order valence-electron chi connectivity index (χ3n) is 2.56. The number of phenols is 1. The number of aliphatic imine (C=N–C) groups is 1. The van der Waals surface area contributed by atoms with Gasteiger partial charge in [-0.25, -0.2) is 4.79 Å². The summed E-state index contributed by atoms with van der Waals surface area (Å²) in [5, 5.41) is 10.0. The summed E-state index contributed by atoms with van der Waals surface area (Å²) < 4.78 is 0. The molecule has 0 unspecified atom stereocenters. The summed E-state index contributed by atoms with van der Waals surface area (Å²) in [7, 11) is 0. The van der Waals surface area contributed by atoms with Crippen molar-refractivity contribution in [3.63, 3.8) is 0 Å². The van der Waals surface area contributed by atoms with E-state index >= 15 is 0 Å². The van der Waals surface area contributed by atoms with Crippen LogP contribution in [0.4, 0.5) is 5.69 Å².